The minimum Gasteiger partial charge on any atom is -0.353 e. The maximum absolute atomic E-state index is 13.4. The summed E-state index contributed by atoms with van der Waals surface area (Å²) in [5.74, 6) is -0.267. The summed E-state index contributed by atoms with van der Waals surface area (Å²) in [6.07, 6.45) is 0.566. The second-order valence-corrected chi connectivity index (χ2v) is 9.96. The summed E-state index contributed by atoms with van der Waals surface area (Å²) in [6.45, 7) is 2.84. The van der Waals surface area contributed by atoms with E-state index in [1.165, 1.54) is 26.0 Å². The van der Waals surface area contributed by atoms with Gasteiger partial charge in [-0.1, -0.05) is 35.9 Å². The monoisotopic (exact) mass is 465 g/mol. The van der Waals surface area contributed by atoms with Gasteiger partial charge in [-0.15, -0.1) is 0 Å². The molecule has 31 heavy (non-hydrogen) atoms. The molecule has 1 heterocycles. The molecule has 1 aliphatic rings. The quantitative estimate of drug-likeness (QED) is 0.387. The summed E-state index contributed by atoms with van der Waals surface area (Å²) in [5.41, 5.74) is 0.150. The van der Waals surface area contributed by atoms with E-state index in [2.05, 4.69) is 5.32 Å². The van der Waals surface area contributed by atoms with E-state index in [9.17, 15) is 23.2 Å². The van der Waals surface area contributed by atoms with Crippen LogP contribution in [0.3, 0.4) is 0 Å². The average Bonchev–Trinajstić information content (AvgIpc) is 2.73. The first-order valence-corrected chi connectivity index (χ1v) is 11.5. The van der Waals surface area contributed by atoms with Gasteiger partial charge in [0.05, 0.1) is 4.90 Å². The molecule has 0 radical (unpaired) electrons. The third-order valence-electron chi connectivity index (χ3n) is 5.47. The topological polar surface area (TPSA) is 107 Å². The normalized spacial score (nSPS) is 22.0. The number of carbonyl (C=O) groups excluding carboxylic acids is 2. The summed E-state index contributed by atoms with van der Waals surface area (Å²) in [7, 11) is -4.04. The van der Waals surface area contributed by atoms with Crippen molar-refractivity contribution in [3.05, 3.63) is 53.6 Å². The van der Waals surface area contributed by atoms with Gasteiger partial charge in [-0.05, 0) is 48.7 Å². The molecule has 1 fully saturated rings. The standard InChI is InChI=1S/C21H24ClN3O5S/c1-15(27)23-19-11-12-25(21(2,13-19)24(28)14-26)31(29,30)20-9-5-17(6-10-20)16-3-7-18(22)8-4-16/h3-10,14,19,28H,11-13H2,1-2H3,(H,23,27)/t19-,21-/m1/s1. The zero-order valence-corrected chi connectivity index (χ0v) is 18.7. The van der Waals surface area contributed by atoms with E-state index in [1.807, 2.05) is 12.1 Å². The molecule has 2 N–H and O–H groups in total. The summed E-state index contributed by atoms with van der Waals surface area (Å²) in [6, 6.07) is 13.2. The SMILES string of the molecule is CC(=O)N[C@@H]1CCN(S(=O)(=O)c2ccc(-c3ccc(Cl)cc3)cc2)[C@@](C)(N(O)C=O)C1. The number of hydrogen-bond acceptors (Lipinski definition) is 5. The largest absolute Gasteiger partial charge is 0.353 e. The molecule has 0 aliphatic carbocycles. The molecule has 1 saturated heterocycles. The van der Waals surface area contributed by atoms with Crippen LogP contribution in [0, 0.1) is 0 Å². The summed E-state index contributed by atoms with van der Waals surface area (Å²) in [4.78, 5) is 22.8. The maximum Gasteiger partial charge on any atom is 0.245 e. The Hall–Kier alpha value is -2.46. The number of hydrogen-bond donors (Lipinski definition) is 2. The van der Waals surface area contributed by atoms with Crippen molar-refractivity contribution in [2.24, 2.45) is 0 Å². The fraction of sp³-hybridized carbons (Fsp3) is 0.333. The molecule has 2 amide bonds. The number of hydroxylamine groups is 2. The lowest BCUT2D eigenvalue weighted by Crippen LogP contribution is -2.65. The average molecular weight is 466 g/mol. The Kier molecular flexibility index (Phi) is 6.70. The fourth-order valence-corrected chi connectivity index (χ4v) is 5.77. The van der Waals surface area contributed by atoms with Crippen molar-refractivity contribution in [3.8, 4) is 11.1 Å². The molecule has 0 saturated carbocycles. The summed E-state index contributed by atoms with van der Waals surface area (Å²) < 4.78 is 27.9. The first kappa shape index (κ1) is 23.2. The number of sulfonamides is 1. The molecule has 166 valence electrons. The second-order valence-electron chi connectivity index (χ2n) is 7.67. The van der Waals surface area contributed by atoms with Crippen molar-refractivity contribution in [3.63, 3.8) is 0 Å². The van der Waals surface area contributed by atoms with Gasteiger partial charge in [0, 0.05) is 31.0 Å². The lowest BCUT2D eigenvalue weighted by atomic mass is 9.94. The van der Waals surface area contributed by atoms with Crippen LogP contribution in [0.1, 0.15) is 26.7 Å². The maximum atomic E-state index is 13.4. The van der Waals surface area contributed by atoms with Crippen molar-refractivity contribution in [1.29, 1.82) is 0 Å². The van der Waals surface area contributed by atoms with E-state index in [0.29, 0.717) is 16.5 Å². The first-order chi connectivity index (χ1) is 14.6. The lowest BCUT2D eigenvalue weighted by Gasteiger charge is -2.48. The van der Waals surface area contributed by atoms with E-state index >= 15 is 0 Å². The summed E-state index contributed by atoms with van der Waals surface area (Å²) >= 11 is 5.92. The van der Waals surface area contributed by atoms with Gasteiger partial charge in [0.25, 0.3) is 0 Å². The van der Waals surface area contributed by atoms with Crippen LogP contribution < -0.4 is 5.32 Å². The van der Waals surface area contributed by atoms with Gasteiger partial charge in [-0.2, -0.15) is 4.31 Å². The minimum atomic E-state index is -4.04. The van der Waals surface area contributed by atoms with Crippen LogP contribution in [0.2, 0.25) is 5.02 Å². The van der Waals surface area contributed by atoms with Gasteiger partial charge in [0.15, 0.2) is 0 Å². The Morgan fingerprint density at radius 2 is 1.74 bits per heavy atom. The highest BCUT2D eigenvalue weighted by atomic mass is 35.5. The number of nitrogens with one attached hydrogen (secondary N) is 1. The van der Waals surface area contributed by atoms with E-state index < -0.39 is 15.7 Å². The Morgan fingerprint density at radius 1 is 1.19 bits per heavy atom. The lowest BCUT2D eigenvalue weighted by molar-refractivity contribution is -0.205. The smallest absolute Gasteiger partial charge is 0.245 e. The number of amides is 2. The molecule has 0 spiro atoms. The predicted molar refractivity (Wildman–Crippen MR) is 116 cm³/mol. The molecule has 0 bridgehead atoms. The van der Waals surface area contributed by atoms with Crippen LogP contribution in [0.4, 0.5) is 0 Å². The highest BCUT2D eigenvalue weighted by Gasteiger charge is 2.49. The third-order valence-corrected chi connectivity index (χ3v) is 7.75. The molecule has 0 aromatic heterocycles. The van der Waals surface area contributed by atoms with Crippen LogP contribution >= 0.6 is 11.6 Å². The Labute approximate surface area is 186 Å². The molecular formula is C21H24ClN3O5S. The Bertz CT molecular complexity index is 1060. The number of nitrogens with zero attached hydrogens (tertiary/aromatic N) is 2. The molecule has 10 heteroatoms. The van der Waals surface area contributed by atoms with Crippen molar-refractivity contribution < 1.29 is 23.2 Å². The van der Waals surface area contributed by atoms with Gasteiger partial charge >= 0.3 is 0 Å². The molecule has 1 aliphatic heterocycles. The highest BCUT2D eigenvalue weighted by molar-refractivity contribution is 7.89. The number of halogens is 1. The molecular weight excluding hydrogens is 442 g/mol. The van der Waals surface area contributed by atoms with Crippen molar-refractivity contribution in [2.45, 2.75) is 43.3 Å². The molecule has 2 atom stereocenters. The van der Waals surface area contributed by atoms with E-state index in [0.717, 1.165) is 15.4 Å². The van der Waals surface area contributed by atoms with Gasteiger partial charge < -0.3 is 5.32 Å². The van der Waals surface area contributed by atoms with Gasteiger partial charge in [0.2, 0.25) is 22.3 Å². The van der Waals surface area contributed by atoms with Crippen molar-refractivity contribution >= 4 is 33.9 Å². The van der Waals surface area contributed by atoms with Gasteiger partial charge in [-0.3, -0.25) is 14.8 Å². The van der Waals surface area contributed by atoms with Crippen LogP contribution in [0.15, 0.2) is 53.4 Å². The number of piperidine rings is 1. The van der Waals surface area contributed by atoms with Crippen molar-refractivity contribution in [2.75, 3.05) is 6.54 Å². The number of carbonyl (C=O) groups is 2. The second kappa shape index (κ2) is 8.96. The van der Waals surface area contributed by atoms with Gasteiger partial charge in [-0.25, -0.2) is 13.5 Å². The number of rotatable bonds is 6. The van der Waals surface area contributed by atoms with E-state index in [1.54, 1.807) is 24.3 Å². The van der Waals surface area contributed by atoms with E-state index in [-0.39, 0.29) is 36.2 Å². The van der Waals surface area contributed by atoms with Crippen LogP contribution in [-0.4, -0.2) is 53.6 Å². The molecule has 2 aromatic carbocycles. The Morgan fingerprint density at radius 3 is 2.26 bits per heavy atom. The minimum absolute atomic E-state index is 0.0214. The summed E-state index contributed by atoms with van der Waals surface area (Å²) in [5, 5.41) is 13.9. The third kappa shape index (κ3) is 4.74. The van der Waals surface area contributed by atoms with Crippen LogP contribution in [-0.2, 0) is 19.6 Å². The van der Waals surface area contributed by atoms with Crippen LogP contribution in [0.5, 0.6) is 0 Å². The van der Waals surface area contributed by atoms with Crippen molar-refractivity contribution in [1.82, 2.24) is 14.7 Å². The van der Waals surface area contributed by atoms with E-state index in [4.69, 9.17) is 11.6 Å². The Balaban J connectivity index is 1.92. The fourth-order valence-electron chi connectivity index (χ4n) is 3.88. The van der Waals surface area contributed by atoms with Crippen LogP contribution in [0.25, 0.3) is 11.1 Å². The highest BCUT2D eigenvalue weighted by Crippen LogP contribution is 2.35. The van der Waals surface area contributed by atoms with Gasteiger partial charge in [0.1, 0.15) is 5.66 Å². The molecule has 0 unspecified atom stereocenters. The molecule has 8 nitrogen and oxygen atoms in total. The molecule has 3 rings (SSSR count). The zero-order valence-electron chi connectivity index (χ0n) is 17.2. The first-order valence-electron chi connectivity index (χ1n) is 9.67. The predicted octanol–water partition coefficient (Wildman–Crippen LogP) is 2.86. The number of benzene rings is 2. The molecule has 2 aromatic rings. The zero-order chi connectivity index (χ0) is 22.8.